The summed E-state index contributed by atoms with van der Waals surface area (Å²) in [7, 11) is 4.34. The Labute approximate surface area is 155 Å². The van der Waals surface area contributed by atoms with Crippen LogP contribution in [0, 0.1) is 0 Å². The van der Waals surface area contributed by atoms with Gasteiger partial charge in [-0.2, -0.15) is 0 Å². The van der Waals surface area contributed by atoms with E-state index in [1.807, 2.05) is 0 Å². The van der Waals surface area contributed by atoms with Crippen LogP contribution >= 0.6 is 0 Å². The molecule has 0 aromatic heterocycles. The monoisotopic (exact) mass is 390 g/mol. The lowest BCUT2D eigenvalue weighted by Gasteiger charge is -2.23. The van der Waals surface area contributed by atoms with E-state index in [2.05, 4.69) is 18.9 Å². The second-order valence-electron chi connectivity index (χ2n) is 4.98. The molecule has 0 N–H and O–H groups in total. The molecule has 0 aliphatic heterocycles. The zero-order chi connectivity index (χ0) is 21.0. The molecule has 0 aliphatic rings. The number of ether oxygens (including phenoxy) is 4. The van der Waals surface area contributed by atoms with Crippen LogP contribution in [0.3, 0.4) is 0 Å². The van der Waals surface area contributed by atoms with Crippen molar-refractivity contribution in [3.63, 3.8) is 0 Å². The van der Waals surface area contributed by atoms with E-state index in [0.29, 0.717) is 0 Å². The summed E-state index contributed by atoms with van der Waals surface area (Å²) in [6, 6.07) is 0. The average Bonchev–Trinajstić information content (AvgIpc) is 2.65. The third-order valence-corrected chi connectivity index (χ3v) is 3.20. The Bertz CT molecular complexity index is 503. The maximum atomic E-state index is 12.3. The van der Waals surface area contributed by atoms with Crippen molar-refractivity contribution in [2.24, 2.45) is 0 Å². The molecule has 27 heavy (non-hydrogen) atoms. The first-order chi connectivity index (χ1) is 12.7. The van der Waals surface area contributed by atoms with Crippen molar-refractivity contribution in [2.75, 3.05) is 54.6 Å². The Morgan fingerprint density at radius 2 is 0.741 bits per heavy atom. The first-order valence-corrected chi connectivity index (χ1v) is 7.51. The van der Waals surface area contributed by atoms with E-state index in [4.69, 9.17) is 0 Å². The van der Waals surface area contributed by atoms with Crippen LogP contribution in [0.2, 0.25) is 0 Å². The molecule has 12 heteroatoms. The van der Waals surface area contributed by atoms with Crippen molar-refractivity contribution in [1.82, 2.24) is 9.80 Å². The fourth-order valence-corrected chi connectivity index (χ4v) is 1.70. The quantitative estimate of drug-likeness (QED) is 0.227. The van der Waals surface area contributed by atoms with Crippen LogP contribution in [0.15, 0.2) is 0 Å². The molecule has 152 valence electrons. The first-order valence-electron chi connectivity index (χ1n) is 7.51. The van der Waals surface area contributed by atoms with Crippen LogP contribution in [-0.2, 0) is 47.7 Å². The molecular formula is C15H22N2O10. The number of methoxy groups -OCH3 is 4. The Hall–Kier alpha value is -3.18. The summed E-state index contributed by atoms with van der Waals surface area (Å²) in [5.74, 6) is -5.09. The largest absolute Gasteiger partial charge is 0.468 e. The number of carbonyl (C=O) groups is 6. The zero-order valence-corrected chi connectivity index (χ0v) is 15.5. The van der Waals surface area contributed by atoms with Crippen LogP contribution in [-0.4, -0.2) is 100 Å². The molecule has 12 nitrogen and oxygen atoms in total. The molecule has 0 aliphatic carbocycles. The number of nitrogens with zero attached hydrogens (tertiary/aromatic N) is 2. The summed E-state index contributed by atoms with van der Waals surface area (Å²) in [6.07, 6.45) is -0.817. The van der Waals surface area contributed by atoms with Crippen LogP contribution in [0.5, 0.6) is 0 Å². The van der Waals surface area contributed by atoms with Gasteiger partial charge in [0.2, 0.25) is 11.8 Å². The van der Waals surface area contributed by atoms with Gasteiger partial charge >= 0.3 is 23.9 Å². The van der Waals surface area contributed by atoms with Crippen LogP contribution in [0.25, 0.3) is 0 Å². The lowest BCUT2D eigenvalue weighted by molar-refractivity contribution is -0.156. The average molecular weight is 390 g/mol. The Morgan fingerprint density at radius 1 is 0.519 bits per heavy atom. The molecule has 0 spiro atoms. The van der Waals surface area contributed by atoms with Crippen LogP contribution in [0.4, 0.5) is 0 Å². The van der Waals surface area contributed by atoms with Gasteiger partial charge in [0.25, 0.3) is 0 Å². The van der Waals surface area contributed by atoms with E-state index in [1.54, 1.807) is 0 Å². The highest BCUT2D eigenvalue weighted by Crippen LogP contribution is 2.03. The minimum atomic E-state index is -0.907. The molecule has 0 saturated carbocycles. The van der Waals surface area contributed by atoms with Gasteiger partial charge in [-0.15, -0.1) is 0 Å². The maximum absolute atomic E-state index is 12.3. The number of amides is 2. The smallest absolute Gasteiger partial charge is 0.325 e. The molecule has 0 unspecified atom stereocenters. The maximum Gasteiger partial charge on any atom is 0.325 e. The zero-order valence-electron chi connectivity index (χ0n) is 15.5. The van der Waals surface area contributed by atoms with Crippen molar-refractivity contribution in [1.29, 1.82) is 0 Å². The number of hydrogen-bond acceptors (Lipinski definition) is 10. The Balaban J connectivity index is 5.21. The predicted molar refractivity (Wildman–Crippen MR) is 85.8 cm³/mol. The van der Waals surface area contributed by atoms with Crippen LogP contribution in [0.1, 0.15) is 6.42 Å². The third kappa shape index (κ3) is 9.18. The van der Waals surface area contributed by atoms with Gasteiger partial charge in [-0.05, 0) is 0 Å². The van der Waals surface area contributed by atoms with Crippen molar-refractivity contribution in [3.8, 4) is 0 Å². The summed E-state index contributed by atoms with van der Waals surface area (Å²) in [5, 5.41) is 0. The molecule has 0 atom stereocenters. The highest BCUT2D eigenvalue weighted by Gasteiger charge is 2.27. The van der Waals surface area contributed by atoms with Gasteiger partial charge in [0.05, 0.1) is 28.4 Å². The fourth-order valence-electron chi connectivity index (χ4n) is 1.70. The van der Waals surface area contributed by atoms with E-state index >= 15 is 0 Å². The third-order valence-electron chi connectivity index (χ3n) is 3.20. The van der Waals surface area contributed by atoms with Crippen LogP contribution < -0.4 is 0 Å². The van der Waals surface area contributed by atoms with E-state index in [-0.39, 0.29) is 0 Å². The molecule has 0 heterocycles. The molecular weight excluding hydrogens is 368 g/mol. The topological polar surface area (TPSA) is 146 Å². The van der Waals surface area contributed by atoms with E-state index in [0.717, 1.165) is 38.2 Å². The Kier molecular flexibility index (Phi) is 10.8. The second-order valence-corrected chi connectivity index (χ2v) is 4.98. The number of hydrogen-bond donors (Lipinski definition) is 0. The molecule has 0 saturated heterocycles. The molecule has 0 radical (unpaired) electrons. The lowest BCUT2D eigenvalue weighted by Crippen LogP contribution is -2.45. The molecule has 0 rings (SSSR count). The number of carbonyl (C=O) groups excluding carboxylic acids is 6. The second kappa shape index (κ2) is 12.2. The molecule has 0 aromatic carbocycles. The standard InChI is InChI=1S/C15H22N2O10/c1-24-12(20)6-16(7-13(21)25-2)10(18)5-11(19)17(8-14(22)26-3)9-15(23)27-4/h5-9H2,1-4H3. The van der Waals surface area contributed by atoms with Gasteiger partial charge in [0.1, 0.15) is 32.6 Å². The van der Waals surface area contributed by atoms with Gasteiger partial charge in [-0.1, -0.05) is 0 Å². The molecule has 2 amide bonds. The SMILES string of the molecule is COC(=O)CN(CC(=O)OC)C(=O)CC(=O)N(CC(=O)OC)CC(=O)OC. The molecule has 0 aromatic rings. The van der Waals surface area contributed by atoms with Crippen molar-refractivity contribution < 1.29 is 47.7 Å². The number of esters is 4. The first kappa shape index (κ1) is 23.8. The minimum Gasteiger partial charge on any atom is -0.468 e. The van der Waals surface area contributed by atoms with Gasteiger partial charge in [0.15, 0.2) is 0 Å². The van der Waals surface area contributed by atoms with E-state index in [9.17, 15) is 28.8 Å². The highest BCUT2D eigenvalue weighted by atomic mass is 16.5. The van der Waals surface area contributed by atoms with E-state index < -0.39 is 68.3 Å². The summed E-state index contributed by atoms with van der Waals surface area (Å²) < 4.78 is 17.7. The van der Waals surface area contributed by atoms with E-state index in [1.165, 1.54) is 0 Å². The summed E-state index contributed by atoms with van der Waals surface area (Å²) in [6.45, 7) is -2.37. The Morgan fingerprint density at radius 3 is 0.926 bits per heavy atom. The van der Waals surface area contributed by atoms with Gasteiger partial charge in [-0.25, -0.2) is 0 Å². The van der Waals surface area contributed by atoms with Crippen molar-refractivity contribution in [2.45, 2.75) is 6.42 Å². The summed E-state index contributed by atoms with van der Waals surface area (Å²) in [5.41, 5.74) is 0. The molecule has 0 fully saturated rings. The summed E-state index contributed by atoms with van der Waals surface area (Å²) in [4.78, 5) is 71.7. The lowest BCUT2D eigenvalue weighted by atomic mass is 10.3. The normalized spacial score (nSPS) is 9.63. The van der Waals surface area contributed by atoms with Gasteiger partial charge < -0.3 is 28.7 Å². The molecule has 0 bridgehead atoms. The van der Waals surface area contributed by atoms with Gasteiger partial charge in [0, 0.05) is 0 Å². The van der Waals surface area contributed by atoms with Gasteiger partial charge in [-0.3, -0.25) is 28.8 Å². The highest BCUT2D eigenvalue weighted by molar-refractivity contribution is 6.00. The number of rotatable bonds is 10. The van der Waals surface area contributed by atoms with Crippen molar-refractivity contribution in [3.05, 3.63) is 0 Å². The summed E-state index contributed by atoms with van der Waals surface area (Å²) >= 11 is 0. The van der Waals surface area contributed by atoms with Crippen molar-refractivity contribution >= 4 is 35.7 Å². The predicted octanol–water partition coefficient (Wildman–Crippen LogP) is -2.27. The fraction of sp³-hybridized carbons (Fsp3) is 0.600. The minimum absolute atomic E-state index is 0.592.